The van der Waals surface area contributed by atoms with Gasteiger partial charge in [-0.25, -0.2) is 0 Å². The number of fused-ring (bicyclic) bond motifs is 2. The first kappa shape index (κ1) is 12.6. The van der Waals surface area contributed by atoms with E-state index >= 15 is 0 Å². The van der Waals surface area contributed by atoms with Crippen molar-refractivity contribution in [2.45, 2.75) is 25.9 Å². The van der Waals surface area contributed by atoms with Gasteiger partial charge in [0.05, 0.1) is 22.5 Å². The van der Waals surface area contributed by atoms with Crippen LogP contribution < -0.4 is 5.73 Å². The number of Topliss-reactive ketones (excluding diaryl/α,β-unsaturated/α-hetero) is 1. The van der Waals surface area contributed by atoms with Gasteiger partial charge in [-0.05, 0) is 6.07 Å². The molecule has 1 heterocycles. The van der Waals surface area contributed by atoms with Gasteiger partial charge in [0.1, 0.15) is 6.10 Å². The van der Waals surface area contributed by atoms with Gasteiger partial charge in [0.15, 0.2) is 5.78 Å². The number of hydrogen-bond donors (Lipinski definition) is 1. The lowest BCUT2D eigenvalue weighted by Crippen LogP contribution is -2.30. The molecule has 1 aromatic carbocycles. The summed E-state index contributed by atoms with van der Waals surface area (Å²) in [6.07, 6.45) is 0.146. The Bertz CT molecular complexity index is 724. The fourth-order valence-electron chi connectivity index (χ4n) is 2.66. The fraction of sp³-hybridized carbons (Fsp3) is 0.267. The Hall–Kier alpha value is -2.43. The number of carbonyl (C=O) groups excluding carboxylic acids is 2. The number of para-hydroxylation sites is 1. The minimum absolute atomic E-state index is 0.117. The lowest BCUT2D eigenvalue weighted by Gasteiger charge is -2.24. The summed E-state index contributed by atoms with van der Waals surface area (Å²) in [5, 5.41) is 0.783. The molecule has 2 N–H and O–H groups in total. The quantitative estimate of drug-likeness (QED) is 0.800. The van der Waals surface area contributed by atoms with Gasteiger partial charge in [-0.3, -0.25) is 14.6 Å². The predicted molar refractivity (Wildman–Crippen MR) is 74.4 cm³/mol. The second kappa shape index (κ2) is 4.59. The summed E-state index contributed by atoms with van der Waals surface area (Å²) in [5.74, 6) is -0.506. The van der Waals surface area contributed by atoms with Crippen molar-refractivity contribution in [3.8, 4) is 0 Å². The summed E-state index contributed by atoms with van der Waals surface area (Å²) in [7, 11) is 0. The van der Waals surface area contributed by atoms with Crippen LogP contribution >= 0.6 is 0 Å². The highest BCUT2D eigenvalue weighted by atomic mass is 16.5. The molecule has 0 fully saturated rings. The number of nitrogen functional groups attached to an aromatic ring is 1. The molecule has 0 saturated heterocycles. The Morgan fingerprint density at radius 3 is 2.85 bits per heavy atom. The minimum Gasteiger partial charge on any atom is -0.462 e. The molecule has 3 rings (SSSR count). The monoisotopic (exact) mass is 270 g/mol. The van der Waals surface area contributed by atoms with E-state index in [1.807, 2.05) is 24.3 Å². The number of aromatic nitrogens is 1. The molecule has 1 aliphatic rings. The molecule has 20 heavy (non-hydrogen) atoms. The average molecular weight is 270 g/mol. The molecule has 0 spiro atoms. The third kappa shape index (κ3) is 2.01. The SMILES string of the molecule is CC(=O)OC1CC(=O)c2c(nc3ccccc3c2N)C1. The van der Waals surface area contributed by atoms with Gasteiger partial charge in [-0.2, -0.15) is 0 Å². The van der Waals surface area contributed by atoms with Crippen LogP contribution in [0.2, 0.25) is 0 Å². The Balaban J connectivity index is 2.12. The van der Waals surface area contributed by atoms with Crippen molar-refractivity contribution in [2.75, 3.05) is 5.73 Å². The topological polar surface area (TPSA) is 82.3 Å². The third-order valence-electron chi connectivity index (χ3n) is 3.45. The van der Waals surface area contributed by atoms with Crippen molar-refractivity contribution in [3.05, 3.63) is 35.5 Å². The number of carbonyl (C=O) groups is 2. The molecule has 0 bridgehead atoms. The van der Waals surface area contributed by atoms with Gasteiger partial charge in [0.2, 0.25) is 0 Å². The molecule has 102 valence electrons. The molecular weight excluding hydrogens is 256 g/mol. The number of rotatable bonds is 1. The van der Waals surface area contributed by atoms with Crippen molar-refractivity contribution in [2.24, 2.45) is 0 Å². The van der Waals surface area contributed by atoms with E-state index in [1.54, 1.807) is 0 Å². The maximum absolute atomic E-state index is 12.2. The second-order valence-corrected chi connectivity index (χ2v) is 4.93. The number of ketones is 1. The van der Waals surface area contributed by atoms with E-state index in [1.165, 1.54) is 6.92 Å². The maximum Gasteiger partial charge on any atom is 0.302 e. The Labute approximate surface area is 115 Å². The molecule has 2 aromatic rings. The van der Waals surface area contributed by atoms with Gasteiger partial charge in [0.25, 0.3) is 0 Å². The first-order chi connectivity index (χ1) is 9.56. The highest BCUT2D eigenvalue weighted by molar-refractivity contribution is 6.09. The number of hydrogen-bond acceptors (Lipinski definition) is 5. The predicted octanol–water partition coefficient (Wildman–Crippen LogP) is 1.88. The Morgan fingerprint density at radius 2 is 2.10 bits per heavy atom. The highest BCUT2D eigenvalue weighted by Crippen LogP contribution is 2.31. The van der Waals surface area contributed by atoms with E-state index in [9.17, 15) is 9.59 Å². The lowest BCUT2D eigenvalue weighted by atomic mass is 9.90. The first-order valence-corrected chi connectivity index (χ1v) is 6.43. The zero-order chi connectivity index (χ0) is 14.3. The van der Waals surface area contributed by atoms with Crippen molar-refractivity contribution in [1.82, 2.24) is 4.98 Å². The van der Waals surface area contributed by atoms with Crippen LogP contribution in [-0.2, 0) is 16.0 Å². The van der Waals surface area contributed by atoms with Gasteiger partial charge in [0, 0.05) is 25.2 Å². The second-order valence-electron chi connectivity index (χ2n) is 4.93. The van der Waals surface area contributed by atoms with Crippen molar-refractivity contribution in [3.63, 3.8) is 0 Å². The standard InChI is InChI=1S/C15H14N2O3/c1-8(18)20-9-6-12-14(13(19)7-9)15(16)10-4-2-3-5-11(10)17-12/h2-5,9H,6-7H2,1H3,(H2,16,17). The maximum atomic E-state index is 12.2. The largest absolute Gasteiger partial charge is 0.462 e. The molecule has 1 aliphatic carbocycles. The van der Waals surface area contributed by atoms with Crippen LogP contribution in [0.5, 0.6) is 0 Å². The number of nitrogens with two attached hydrogens (primary N) is 1. The van der Waals surface area contributed by atoms with Crippen LogP contribution in [-0.4, -0.2) is 22.8 Å². The van der Waals surface area contributed by atoms with Crippen LogP contribution in [0.3, 0.4) is 0 Å². The van der Waals surface area contributed by atoms with Gasteiger partial charge in [-0.15, -0.1) is 0 Å². The molecule has 0 saturated carbocycles. The molecule has 0 aliphatic heterocycles. The molecule has 1 unspecified atom stereocenters. The van der Waals surface area contributed by atoms with E-state index in [0.717, 1.165) is 10.9 Å². The molecule has 5 heteroatoms. The summed E-state index contributed by atoms with van der Waals surface area (Å²) in [6.45, 7) is 1.34. The Morgan fingerprint density at radius 1 is 1.35 bits per heavy atom. The van der Waals surface area contributed by atoms with Crippen LogP contribution in [0.1, 0.15) is 29.4 Å². The number of esters is 1. The zero-order valence-corrected chi connectivity index (χ0v) is 11.1. The normalized spacial score (nSPS) is 17.9. The summed E-state index contributed by atoms with van der Waals surface area (Å²) < 4.78 is 5.13. The van der Waals surface area contributed by atoms with Crippen molar-refractivity contribution >= 4 is 28.3 Å². The van der Waals surface area contributed by atoms with E-state index in [-0.39, 0.29) is 18.2 Å². The molecule has 5 nitrogen and oxygen atoms in total. The summed E-state index contributed by atoms with van der Waals surface area (Å²) >= 11 is 0. The number of ether oxygens (including phenoxy) is 1. The molecular formula is C15H14N2O3. The smallest absolute Gasteiger partial charge is 0.302 e. The van der Waals surface area contributed by atoms with E-state index < -0.39 is 6.10 Å². The summed E-state index contributed by atoms with van der Waals surface area (Å²) in [6, 6.07) is 7.44. The lowest BCUT2D eigenvalue weighted by molar-refractivity contribution is -0.146. The van der Waals surface area contributed by atoms with Gasteiger partial charge < -0.3 is 10.5 Å². The van der Waals surface area contributed by atoms with Crippen molar-refractivity contribution < 1.29 is 14.3 Å². The molecule has 0 amide bonds. The van der Waals surface area contributed by atoms with E-state index in [0.29, 0.717) is 23.4 Å². The average Bonchev–Trinajstić information content (AvgIpc) is 2.37. The highest BCUT2D eigenvalue weighted by Gasteiger charge is 2.30. The third-order valence-corrected chi connectivity index (χ3v) is 3.45. The molecule has 0 radical (unpaired) electrons. The number of benzene rings is 1. The van der Waals surface area contributed by atoms with E-state index in [2.05, 4.69) is 4.98 Å². The van der Waals surface area contributed by atoms with Crippen molar-refractivity contribution in [1.29, 1.82) is 0 Å². The van der Waals surface area contributed by atoms with Gasteiger partial charge >= 0.3 is 5.97 Å². The summed E-state index contributed by atoms with van der Waals surface area (Å²) in [5.41, 5.74) is 8.42. The minimum atomic E-state index is -0.444. The van der Waals surface area contributed by atoms with Crippen LogP contribution in [0.4, 0.5) is 5.69 Å². The van der Waals surface area contributed by atoms with E-state index in [4.69, 9.17) is 10.5 Å². The Kier molecular flexibility index (Phi) is 2.89. The molecule has 1 atom stereocenters. The number of pyridine rings is 1. The molecule has 1 aromatic heterocycles. The number of nitrogens with zero attached hydrogens (tertiary/aromatic N) is 1. The zero-order valence-electron chi connectivity index (χ0n) is 11.1. The van der Waals surface area contributed by atoms with Crippen LogP contribution in [0.25, 0.3) is 10.9 Å². The van der Waals surface area contributed by atoms with Crippen LogP contribution in [0, 0.1) is 0 Å². The van der Waals surface area contributed by atoms with Gasteiger partial charge in [-0.1, -0.05) is 18.2 Å². The van der Waals surface area contributed by atoms with Crippen LogP contribution in [0.15, 0.2) is 24.3 Å². The summed E-state index contributed by atoms with van der Waals surface area (Å²) in [4.78, 5) is 27.8. The first-order valence-electron chi connectivity index (χ1n) is 6.43. The number of anilines is 1. The fourth-order valence-corrected chi connectivity index (χ4v) is 2.66.